The molecule has 1 spiro atoms. The first-order valence-corrected chi connectivity index (χ1v) is 18.6. The van der Waals surface area contributed by atoms with Crippen LogP contribution in [0, 0.1) is 6.92 Å². The number of fused-ring (bicyclic) bond motifs is 2. The number of benzene rings is 1. The Morgan fingerprint density at radius 3 is 2.08 bits per heavy atom. The zero-order chi connectivity index (χ0) is 26.7. The van der Waals surface area contributed by atoms with Gasteiger partial charge in [-0.05, 0) is 62.2 Å². The van der Waals surface area contributed by atoms with Gasteiger partial charge in [-0.15, -0.1) is 0 Å². The van der Waals surface area contributed by atoms with Crippen molar-refractivity contribution >= 4 is 34.0 Å². The number of anilines is 1. The monoisotopic (exact) mass is 551 g/mol. The minimum Gasteiger partial charge on any atom is -0.261 e. The summed E-state index contributed by atoms with van der Waals surface area (Å²) in [4.78, 5) is 0.722. The number of rotatable bonds is 5. The molecule has 1 fully saturated rings. The summed E-state index contributed by atoms with van der Waals surface area (Å²) in [5, 5.41) is 4.64. The van der Waals surface area contributed by atoms with Gasteiger partial charge in [0, 0.05) is 20.2 Å². The van der Waals surface area contributed by atoms with Gasteiger partial charge in [0.25, 0.3) is 10.0 Å². The third-order valence-electron chi connectivity index (χ3n) is 8.14. The van der Waals surface area contributed by atoms with E-state index in [-0.39, 0.29) is 15.5 Å². The second-order valence-corrected chi connectivity index (χ2v) is 21.4. The second kappa shape index (κ2) is 8.95. The van der Waals surface area contributed by atoms with Gasteiger partial charge in [-0.25, -0.2) is 25.9 Å². The van der Waals surface area contributed by atoms with Crippen LogP contribution < -0.4 is 4.31 Å². The van der Waals surface area contributed by atoms with Crippen LogP contribution in [0.5, 0.6) is 0 Å². The first kappa shape index (κ1) is 27.3. The summed E-state index contributed by atoms with van der Waals surface area (Å²) in [6, 6.07) is 8.36. The Hall–Kier alpha value is -1.69. The number of sulfonamides is 1. The maximum Gasteiger partial charge on any atom is 0.265 e. The molecule has 2 aromatic rings. The summed E-state index contributed by atoms with van der Waals surface area (Å²) in [5.74, 6) is 0.642. The fraction of sp³-hybridized carbons (Fsp3) is 0.640. The summed E-state index contributed by atoms with van der Waals surface area (Å²) in [7, 11) is -5.40. The lowest BCUT2D eigenvalue weighted by molar-refractivity contribution is 0.206. The molecule has 2 aliphatic rings. The molecule has 4 rings (SSSR count). The van der Waals surface area contributed by atoms with Gasteiger partial charge in [0.1, 0.15) is 15.7 Å². The van der Waals surface area contributed by atoms with E-state index in [9.17, 15) is 12.6 Å². The standard InChI is InChI=1S/C25H41N5O3S2Si/c1-20-18-23-29(19-25(30(23)26-20)16-10-9-11-17-25)35(32,33)22-14-12-21(13-15-22)34(31,28(5)6)27-36(7,8)24(2,3)4/h12-15,18H,9-11,16-17,19H2,1-8H3. The molecule has 1 aliphatic heterocycles. The Morgan fingerprint density at radius 1 is 1.00 bits per heavy atom. The van der Waals surface area contributed by atoms with Gasteiger partial charge in [0.2, 0.25) is 0 Å². The van der Waals surface area contributed by atoms with Crippen LogP contribution in [0.4, 0.5) is 5.82 Å². The van der Waals surface area contributed by atoms with Gasteiger partial charge in [-0.2, -0.15) is 5.10 Å². The Balaban J connectivity index is 1.73. The maximum absolute atomic E-state index is 14.2. The quantitative estimate of drug-likeness (QED) is 0.468. The van der Waals surface area contributed by atoms with Crippen molar-refractivity contribution in [3.63, 3.8) is 0 Å². The molecule has 200 valence electrons. The maximum atomic E-state index is 14.2. The third-order valence-corrected chi connectivity index (χ3v) is 18.3. The number of hydrogen-bond acceptors (Lipinski definition) is 5. The van der Waals surface area contributed by atoms with E-state index in [1.807, 2.05) is 17.7 Å². The average molecular weight is 552 g/mol. The lowest BCUT2D eigenvalue weighted by Crippen LogP contribution is -2.41. The molecule has 8 nitrogen and oxygen atoms in total. The molecule has 0 N–H and O–H groups in total. The Morgan fingerprint density at radius 2 is 1.56 bits per heavy atom. The molecular weight excluding hydrogens is 511 g/mol. The summed E-state index contributed by atoms with van der Waals surface area (Å²) >= 11 is 0. The summed E-state index contributed by atoms with van der Waals surface area (Å²) in [5.41, 5.74) is 0.555. The van der Waals surface area contributed by atoms with Crippen LogP contribution in [0.25, 0.3) is 0 Å². The SMILES string of the molecule is Cc1cc2n(n1)C1(CCCCC1)CN2S(=O)(=O)c1ccc(S(=O)(=N[Si](C)(C)C(C)(C)C)N(C)C)cc1. The molecule has 0 amide bonds. The van der Waals surface area contributed by atoms with E-state index in [1.54, 1.807) is 42.7 Å². The molecule has 1 aliphatic carbocycles. The van der Waals surface area contributed by atoms with Crippen LogP contribution in [0.3, 0.4) is 0 Å². The van der Waals surface area contributed by atoms with Gasteiger partial charge < -0.3 is 0 Å². The number of aromatic nitrogens is 2. The topological polar surface area (TPSA) is 87.9 Å². The lowest BCUT2D eigenvalue weighted by Gasteiger charge is -2.34. The van der Waals surface area contributed by atoms with Gasteiger partial charge in [-0.3, -0.25) is 4.03 Å². The fourth-order valence-corrected chi connectivity index (χ4v) is 12.0. The smallest absolute Gasteiger partial charge is 0.261 e. The zero-order valence-electron chi connectivity index (χ0n) is 22.9. The van der Waals surface area contributed by atoms with Crippen molar-refractivity contribution in [1.82, 2.24) is 14.1 Å². The van der Waals surface area contributed by atoms with E-state index in [2.05, 4.69) is 33.9 Å². The predicted molar refractivity (Wildman–Crippen MR) is 149 cm³/mol. The van der Waals surface area contributed by atoms with Crippen LogP contribution in [0.15, 0.2) is 44.2 Å². The molecule has 0 radical (unpaired) electrons. The molecule has 1 saturated carbocycles. The van der Waals surface area contributed by atoms with Gasteiger partial charge in [0.05, 0.1) is 27.6 Å². The van der Waals surface area contributed by atoms with Crippen LogP contribution in [0.2, 0.25) is 18.1 Å². The van der Waals surface area contributed by atoms with E-state index in [0.717, 1.165) is 31.4 Å². The predicted octanol–water partition coefficient (Wildman–Crippen LogP) is 5.37. The molecule has 36 heavy (non-hydrogen) atoms. The minimum atomic E-state index is -3.81. The average Bonchev–Trinajstić information content (AvgIpc) is 3.30. The lowest BCUT2D eigenvalue weighted by atomic mass is 9.82. The van der Waals surface area contributed by atoms with Gasteiger partial charge in [-0.1, -0.05) is 40.0 Å². The number of hydrogen-bond donors (Lipinski definition) is 0. The highest BCUT2D eigenvalue weighted by atomic mass is 32.2. The molecule has 0 saturated heterocycles. The number of aryl methyl sites for hydroxylation is 1. The van der Waals surface area contributed by atoms with E-state index >= 15 is 0 Å². The van der Waals surface area contributed by atoms with Crippen molar-refractivity contribution in [2.45, 2.75) is 93.3 Å². The van der Waals surface area contributed by atoms with E-state index in [0.29, 0.717) is 17.3 Å². The highest BCUT2D eigenvalue weighted by Gasteiger charge is 2.48. The molecule has 1 aromatic carbocycles. The first-order chi connectivity index (χ1) is 16.5. The molecule has 11 heteroatoms. The van der Waals surface area contributed by atoms with Crippen molar-refractivity contribution in [1.29, 1.82) is 0 Å². The summed E-state index contributed by atoms with van der Waals surface area (Å²) in [6.07, 6.45) is 5.21. The van der Waals surface area contributed by atoms with Crippen LogP contribution in [-0.2, 0) is 25.5 Å². The summed E-state index contributed by atoms with van der Waals surface area (Å²) in [6.45, 7) is 13.0. The van der Waals surface area contributed by atoms with Crippen molar-refractivity contribution in [3.8, 4) is 0 Å². The van der Waals surface area contributed by atoms with Gasteiger partial charge in [0.15, 0.2) is 8.24 Å². The Labute approximate surface area is 218 Å². The highest BCUT2D eigenvalue weighted by molar-refractivity contribution is 7.93. The van der Waals surface area contributed by atoms with E-state index in [4.69, 9.17) is 9.13 Å². The molecule has 1 aromatic heterocycles. The molecule has 1 atom stereocenters. The summed E-state index contributed by atoms with van der Waals surface area (Å²) < 4.78 is 52.0. The highest BCUT2D eigenvalue weighted by Crippen LogP contribution is 2.45. The molecule has 0 bridgehead atoms. The van der Waals surface area contributed by atoms with Crippen LogP contribution in [-0.4, -0.2) is 55.6 Å². The Kier molecular flexibility index (Phi) is 6.80. The Bertz CT molecular complexity index is 1360. The minimum absolute atomic E-state index is 0.0686. The van der Waals surface area contributed by atoms with Gasteiger partial charge >= 0.3 is 0 Å². The van der Waals surface area contributed by atoms with Crippen molar-refractivity contribution < 1.29 is 12.6 Å². The number of nitrogens with zero attached hydrogens (tertiary/aromatic N) is 5. The molecular formula is C25H41N5O3S2Si. The second-order valence-electron chi connectivity index (χ2n) is 12.0. The molecule has 1 unspecified atom stereocenters. The first-order valence-electron chi connectivity index (χ1n) is 12.7. The normalized spacial score (nSPS) is 20.0. The fourth-order valence-electron chi connectivity index (χ4n) is 4.92. The molecule has 2 heterocycles. The van der Waals surface area contributed by atoms with Crippen molar-refractivity contribution in [2.75, 3.05) is 24.9 Å². The zero-order valence-corrected chi connectivity index (χ0v) is 25.5. The van der Waals surface area contributed by atoms with Crippen molar-refractivity contribution in [2.24, 2.45) is 4.03 Å². The largest absolute Gasteiger partial charge is 0.265 e. The van der Waals surface area contributed by atoms with Crippen molar-refractivity contribution in [3.05, 3.63) is 36.0 Å². The van der Waals surface area contributed by atoms with Crippen LogP contribution >= 0.6 is 0 Å². The van der Waals surface area contributed by atoms with E-state index < -0.39 is 28.2 Å². The third kappa shape index (κ3) is 4.46. The van der Waals surface area contributed by atoms with E-state index in [1.165, 1.54) is 10.7 Å². The van der Waals surface area contributed by atoms with Crippen LogP contribution in [0.1, 0.15) is 58.6 Å².